The molecule has 1 aliphatic heterocycles. The van der Waals surface area contributed by atoms with Gasteiger partial charge >= 0.3 is 0 Å². The van der Waals surface area contributed by atoms with E-state index in [-0.39, 0.29) is 24.0 Å². The first-order valence-corrected chi connectivity index (χ1v) is 9.88. The fourth-order valence-corrected chi connectivity index (χ4v) is 4.05. The van der Waals surface area contributed by atoms with E-state index in [2.05, 4.69) is 10.3 Å². The van der Waals surface area contributed by atoms with Gasteiger partial charge < -0.3 is 5.32 Å². The molecule has 0 radical (unpaired) electrons. The molecule has 0 saturated carbocycles. The van der Waals surface area contributed by atoms with Gasteiger partial charge in [0.05, 0.1) is 5.69 Å². The van der Waals surface area contributed by atoms with Crippen LogP contribution < -0.4 is 5.32 Å². The summed E-state index contributed by atoms with van der Waals surface area (Å²) >= 11 is 1.30. The number of thioether (sulfide) groups is 1. The number of amidine groups is 1. The van der Waals surface area contributed by atoms with Gasteiger partial charge in [-0.25, -0.2) is 4.99 Å². The van der Waals surface area contributed by atoms with Gasteiger partial charge in [-0.1, -0.05) is 42.1 Å². The summed E-state index contributed by atoms with van der Waals surface area (Å²) in [6, 6.07) is 16.2. The van der Waals surface area contributed by atoms with Crippen molar-refractivity contribution in [3.63, 3.8) is 0 Å². The summed E-state index contributed by atoms with van der Waals surface area (Å²) in [6.45, 7) is 3.85. The molecule has 144 valence electrons. The Bertz CT molecular complexity index is 928. The molecule has 7 heteroatoms. The third-order valence-corrected chi connectivity index (χ3v) is 5.42. The number of carbonyl (C=O) groups excluding carboxylic acids is 3. The van der Waals surface area contributed by atoms with Crippen molar-refractivity contribution in [2.24, 2.45) is 4.99 Å². The van der Waals surface area contributed by atoms with Gasteiger partial charge in [-0.05, 0) is 38.1 Å². The number of rotatable bonds is 6. The van der Waals surface area contributed by atoms with E-state index >= 15 is 0 Å². The lowest BCUT2D eigenvalue weighted by Crippen LogP contribution is -2.33. The number of hydrogen-bond acceptors (Lipinski definition) is 5. The summed E-state index contributed by atoms with van der Waals surface area (Å²) in [5.74, 6) is -0.462. The lowest BCUT2D eigenvalue weighted by Gasteiger charge is -2.13. The number of carbonyl (C=O) groups is 3. The van der Waals surface area contributed by atoms with Crippen LogP contribution >= 0.6 is 11.8 Å². The summed E-state index contributed by atoms with van der Waals surface area (Å²) in [5, 5.41) is 2.86. The molecule has 28 heavy (non-hydrogen) atoms. The van der Waals surface area contributed by atoms with Crippen LogP contribution in [0.5, 0.6) is 0 Å². The van der Waals surface area contributed by atoms with Gasteiger partial charge in [0, 0.05) is 24.2 Å². The molecule has 1 fully saturated rings. The van der Waals surface area contributed by atoms with Gasteiger partial charge in [-0.3, -0.25) is 19.3 Å². The molecule has 1 N–H and O–H groups in total. The molecule has 1 atom stereocenters. The lowest BCUT2D eigenvalue weighted by molar-refractivity contribution is -0.128. The minimum absolute atomic E-state index is 0.0398. The molecule has 1 heterocycles. The molecule has 1 saturated heterocycles. The first kappa shape index (κ1) is 19.8. The first-order chi connectivity index (χ1) is 13.5. The third-order valence-electron chi connectivity index (χ3n) is 4.24. The highest BCUT2D eigenvalue weighted by atomic mass is 32.2. The quantitative estimate of drug-likeness (QED) is 0.753. The maximum atomic E-state index is 12.7. The summed E-state index contributed by atoms with van der Waals surface area (Å²) in [7, 11) is 0. The van der Waals surface area contributed by atoms with Crippen LogP contribution in [0.1, 0.15) is 30.6 Å². The largest absolute Gasteiger partial charge is 0.326 e. The maximum Gasteiger partial charge on any atom is 0.242 e. The molecular formula is C21H21N3O3S. The van der Waals surface area contributed by atoms with Gasteiger partial charge in [0.25, 0.3) is 0 Å². The molecular weight excluding hydrogens is 374 g/mol. The second-order valence-electron chi connectivity index (χ2n) is 6.31. The molecule has 2 aromatic rings. The molecule has 1 aliphatic rings. The van der Waals surface area contributed by atoms with E-state index in [1.807, 2.05) is 37.3 Å². The van der Waals surface area contributed by atoms with Crippen molar-refractivity contribution in [2.75, 3.05) is 11.9 Å². The zero-order chi connectivity index (χ0) is 20.1. The lowest BCUT2D eigenvalue weighted by atomic mass is 10.1. The Hall–Kier alpha value is -2.93. The van der Waals surface area contributed by atoms with Crippen molar-refractivity contribution in [1.82, 2.24) is 4.90 Å². The van der Waals surface area contributed by atoms with Crippen LogP contribution in [0.25, 0.3) is 0 Å². The number of anilines is 1. The van der Waals surface area contributed by atoms with E-state index < -0.39 is 5.25 Å². The third kappa shape index (κ3) is 4.67. The van der Waals surface area contributed by atoms with Crippen molar-refractivity contribution >= 4 is 45.9 Å². The van der Waals surface area contributed by atoms with Crippen molar-refractivity contribution < 1.29 is 14.4 Å². The van der Waals surface area contributed by atoms with E-state index in [0.29, 0.717) is 23.0 Å². The molecule has 0 aromatic heterocycles. The van der Waals surface area contributed by atoms with Gasteiger partial charge in [0.1, 0.15) is 5.25 Å². The fourth-order valence-electron chi connectivity index (χ4n) is 2.83. The summed E-state index contributed by atoms with van der Waals surface area (Å²) in [5.41, 5.74) is 1.83. The minimum atomic E-state index is -0.515. The second kappa shape index (κ2) is 8.84. The normalized spacial score (nSPS) is 17.8. The van der Waals surface area contributed by atoms with E-state index in [1.54, 1.807) is 29.2 Å². The Balaban J connectivity index is 1.69. The van der Waals surface area contributed by atoms with Crippen LogP contribution in [0, 0.1) is 0 Å². The number of para-hydroxylation sites is 1. The highest BCUT2D eigenvalue weighted by Gasteiger charge is 2.38. The smallest absolute Gasteiger partial charge is 0.242 e. The molecule has 2 amide bonds. The van der Waals surface area contributed by atoms with Crippen LogP contribution in [0.4, 0.5) is 11.4 Å². The van der Waals surface area contributed by atoms with Crippen LogP contribution in [0.15, 0.2) is 59.6 Å². The number of hydrogen-bond donors (Lipinski definition) is 1. The molecule has 0 spiro atoms. The Kier molecular flexibility index (Phi) is 6.26. The zero-order valence-corrected chi connectivity index (χ0v) is 16.5. The molecule has 0 aliphatic carbocycles. The molecule has 2 aromatic carbocycles. The first-order valence-electron chi connectivity index (χ1n) is 9.00. The average molecular weight is 395 g/mol. The summed E-state index contributed by atoms with van der Waals surface area (Å²) < 4.78 is 0. The van der Waals surface area contributed by atoms with Crippen LogP contribution in [0.3, 0.4) is 0 Å². The zero-order valence-electron chi connectivity index (χ0n) is 15.7. The molecule has 0 unspecified atom stereocenters. The monoisotopic (exact) mass is 395 g/mol. The van der Waals surface area contributed by atoms with Crippen molar-refractivity contribution in [1.29, 1.82) is 0 Å². The van der Waals surface area contributed by atoms with E-state index in [0.717, 1.165) is 5.69 Å². The topological polar surface area (TPSA) is 78.8 Å². The number of nitrogens with one attached hydrogen (secondary N) is 1. The fraction of sp³-hybridized carbons (Fsp3) is 0.238. The Morgan fingerprint density at radius 2 is 1.89 bits per heavy atom. The number of Topliss-reactive ketones (excluding diaryl/α,β-unsaturated/α-hetero) is 1. The highest BCUT2D eigenvalue weighted by molar-refractivity contribution is 8.15. The maximum absolute atomic E-state index is 12.7. The second-order valence-corrected chi connectivity index (χ2v) is 7.48. The summed E-state index contributed by atoms with van der Waals surface area (Å²) in [6.07, 6.45) is 0.0398. The van der Waals surface area contributed by atoms with Crippen molar-refractivity contribution in [3.8, 4) is 0 Å². The van der Waals surface area contributed by atoms with Gasteiger partial charge in [0.15, 0.2) is 11.0 Å². The number of amides is 2. The predicted molar refractivity (Wildman–Crippen MR) is 112 cm³/mol. The standard InChI is InChI=1S/C21H21N3O3S/c1-3-24-20(27)18(28-21(24)23-16-9-5-4-6-10-16)13-19(26)22-17-11-7-8-15(12-17)14(2)25/h4-12,18H,3,13H2,1-2H3,(H,22,26)/t18-/m1/s1. The molecule has 6 nitrogen and oxygen atoms in total. The van der Waals surface area contributed by atoms with Crippen molar-refractivity contribution in [2.45, 2.75) is 25.5 Å². The SMILES string of the molecule is CCN1C(=O)[C@@H](CC(=O)Nc2cccc(C(C)=O)c2)SC1=Nc1ccccc1. The van der Waals surface area contributed by atoms with Gasteiger partial charge in [-0.15, -0.1) is 0 Å². The number of ketones is 1. The molecule has 0 bridgehead atoms. The van der Waals surface area contributed by atoms with Gasteiger partial charge in [0.2, 0.25) is 11.8 Å². The van der Waals surface area contributed by atoms with Gasteiger partial charge in [-0.2, -0.15) is 0 Å². The molecule has 3 rings (SSSR count). The minimum Gasteiger partial charge on any atom is -0.326 e. The average Bonchev–Trinajstić information content (AvgIpc) is 2.96. The van der Waals surface area contributed by atoms with E-state index in [9.17, 15) is 14.4 Å². The van der Waals surface area contributed by atoms with E-state index in [4.69, 9.17) is 0 Å². The number of benzene rings is 2. The number of nitrogens with zero attached hydrogens (tertiary/aromatic N) is 2. The Morgan fingerprint density at radius 1 is 1.14 bits per heavy atom. The van der Waals surface area contributed by atoms with Crippen LogP contribution in [-0.4, -0.2) is 39.5 Å². The van der Waals surface area contributed by atoms with Crippen LogP contribution in [0.2, 0.25) is 0 Å². The summed E-state index contributed by atoms with van der Waals surface area (Å²) in [4.78, 5) is 42.7. The van der Waals surface area contributed by atoms with E-state index in [1.165, 1.54) is 18.7 Å². The van der Waals surface area contributed by atoms with Crippen LogP contribution in [-0.2, 0) is 9.59 Å². The predicted octanol–water partition coefficient (Wildman–Crippen LogP) is 3.87. The Labute approximate surface area is 168 Å². The number of aliphatic imine (C=N–C) groups is 1. The van der Waals surface area contributed by atoms with Crippen molar-refractivity contribution in [3.05, 3.63) is 60.2 Å². The highest BCUT2D eigenvalue weighted by Crippen LogP contribution is 2.31. The Morgan fingerprint density at radius 3 is 2.57 bits per heavy atom.